The van der Waals surface area contributed by atoms with Crippen molar-refractivity contribution in [2.75, 3.05) is 0 Å². The summed E-state index contributed by atoms with van der Waals surface area (Å²) in [6.45, 7) is 0. The second-order valence-corrected chi connectivity index (χ2v) is 13.7. The third kappa shape index (κ3) is 4.82. The molecule has 0 radical (unpaired) electrons. The van der Waals surface area contributed by atoms with Crippen molar-refractivity contribution in [2.24, 2.45) is 9.98 Å². The summed E-state index contributed by atoms with van der Waals surface area (Å²) in [4.78, 5) is 10.1. The summed E-state index contributed by atoms with van der Waals surface area (Å²) >= 11 is 1.85. The van der Waals surface area contributed by atoms with Crippen LogP contribution in [0.5, 0.6) is 0 Å². The minimum absolute atomic E-state index is 0.259. The Kier molecular flexibility index (Phi) is 6.71. The molecule has 9 aromatic rings. The minimum Gasteiger partial charge on any atom is -0.456 e. The van der Waals surface area contributed by atoms with Crippen LogP contribution < -0.4 is 5.32 Å². The molecule has 4 nitrogen and oxygen atoms in total. The van der Waals surface area contributed by atoms with Crippen molar-refractivity contribution in [3.8, 4) is 22.3 Å². The molecule has 1 aliphatic heterocycles. The Labute approximate surface area is 292 Å². The molecular weight excluding hydrogens is 631 g/mol. The van der Waals surface area contributed by atoms with E-state index in [4.69, 9.17) is 14.4 Å². The van der Waals surface area contributed by atoms with E-state index in [2.05, 4.69) is 133 Å². The van der Waals surface area contributed by atoms with Crippen LogP contribution >= 0.6 is 11.3 Å². The fourth-order valence-corrected chi connectivity index (χ4v) is 8.31. The fourth-order valence-electron chi connectivity index (χ4n) is 7.18. The second kappa shape index (κ2) is 11.7. The van der Waals surface area contributed by atoms with Crippen molar-refractivity contribution < 1.29 is 4.42 Å². The van der Waals surface area contributed by atoms with Crippen LogP contribution in [0.1, 0.15) is 22.9 Å². The lowest BCUT2D eigenvalue weighted by Gasteiger charge is -2.23. The van der Waals surface area contributed by atoms with Gasteiger partial charge in [0.05, 0.1) is 0 Å². The Morgan fingerprint density at radius 3 is 1.96 bits per heavy atom. The summed E-state index contributed by atoms with van der Waals surface area (Å²) in [5, 5.41) is 8.36. The van der Waals surface area contributed by atoms with Crippen LogP contribution in [0.4, 0.5) is 0 Å². The Morgan fingerprint density at radius 2 is 1.16 bits per heavy atom. The highest BCUT2D eigenvalue weighted by Gasteiger charge is 2.22. The molecule has 5 heteroatoms. The number of benzene rings is 7. The summed E-state index contributed by atoms with van der Waals surface area (Å²) in [5.41, 5.74) is 9.45. The number of hydrogen-bond acceptors (Lipinski definition) is 5. The van der Waals surface area contributed by atoms with E-state index in [1.165, 1.54) is 31.3 Å². The summed E-state index contributed by atoms with van der Waals surface area (Å²) in [5.74, 6) is 1.46. The number of hydrogen-bond donors (Lipinski definition) is 1. The first-order valence-corrected chi connectivity index (χ1v) is 17.6. The third-order valence-corrected chi connectivity index (χ3v) is 10.7. The lowest BCUT2D eigenvalue weighted by atomic mass is 9.95. The van der Waals surface area contributed by atoms with Gasteiger partial charge in [0, 0.05) is 42.1 Å². The largest absolute Gasteiger partial charge is 0.456 e. The SMILES string of the molecule is c1ccc(C2=NC(c3ccc4c(c3)oc3cccc(-c5ccc(-c6cccc7sc8ccccc8c67)cc5)c34)=NC(c3ccccc3)N2)cc1. The lowest BCUT2D eigenvalue weighted by Crippen LogP contribution is -2.33. The monoisotopic (exact) mass is 659 g/mol. The Balaban J connectivity index is 1.05. The zero-order valence-electron chi connectivity index (χ0n) is 26.9. The summed E-state index contributed by atoms with van der Waals surface area (Å²) in [6.07, 6.45) is -0.259. The number of rotatable bonds is 5. The maximum atomic E-state index is 6.52. The normalized spacial score (nSPS) is 14.6. The van der Waals surface area contributed by atoms with E-state index in [1.54, 1.807) is 0 Å². The molecule has 2 aromatic heterocycles. The van der Waals surface area contributed by atoms with Gasteiger partial charge in [0.15, 0.2) is 5.84 Å². The molecular formula is C45H29N3OS. The van der Waals surface area contributed by atoms with E-state index in [9.17, 15) is 0 Å². The van der Waals surface area contributed by atoms with Gasteiger partial charge in [0.25, 0.3) is 0 Å². The number of nitrogens with one attached hydrogen (secondary N) is 1. The molecule has 0 amide bonds. The fraction of sp³-hybridized carbons (Fsp3) is 0.0222. The van der Waals surface area contributed by atoms with E-state index >= 15 is 0 Å². The van der Waals surface area contributed by atoms with Gasteiger partial charge in [-0.3, -0.25) is 0 Å². The smallest absolute Gasteiger partial charge is 0.159 e. The molecule has 236 valence electrons. The summed E-state index contributed by atoms with van der Waals surface area (Å²) in [7, 11) is 0. The van der Waals surface area contributed by atoms with Gasteiger partial charge in [-0.1, -0.05) is 133 Å². The maximum Gasteiger partial charge on any atom is 0.159 e. The van der Waals surface area contributed by atoms with Crippen LogP contribution in [0.3, 0.4) is 0 Å². The van der Waals surface area contributed by atoms with Crippen molar-refractivity contribution in [3.63, 3.8) is 0 Å². The Morgan fingerprint density at radius 1 is 0.500 bits per heavy atom. The molecule has 7 aromatic carbocycles. The van der Waals surface area contributed by atoms with Gasteiger partial charge < -0.3 is 9.73 Å². The quantitative estimate of drug-likeness (QED) is 0.200. The molecule has 50 heavy (non-hydrogen) atoms. The first-order valence-electron chi connectivity index (χ1n) is 16.8. The number of thiophene rings is 1. The average molecular weight is 660 g/mol. The summed E-state index contributed by atoms with van der Waals surface area (Å²) < 4.78 is 9.16. The molecule has 0 bridgehead atoms. The highest BCUT2D eigenvalue weighted by Crippen LogP contribution is 2.41. The molecule has 1 N–H and O–H groups in total. The Bertz CT molecular complexity index is 2780. The number of nitrogens with zero attached hydrogens (tertiary/aromatic N) is 2. The van der Waals surface area contributed by atoms with Crippen molar-refractivity contribution in [2.45, 2.75) is 6.17 Å². The van der Waals surface area contributed by atoms with Gasteiger partial charge in [-0.05, 0) is 58.1 Å². The van der Waals surface area contributed by atoms with Crippen molar-refractivity contribution >= 4 is 65.1 Å². The van der Waals surface area contributed by atoms with Gasteiger partial charge in [-0.2, -0.15) is 0 Å². The lowest BCUT2D eigenvalue weighted by molar-refractivity contribution is 0.667. The standard InChI is InChI=1S/C45H29N3OS/c1-3-11-30(12-4-1)43-46-44(31-13-5-2-6-14-31)48-45(47-43)32-25-26-35-38(27-32)49-37-18-9-16-33(41(35)37)28-21-23-29(24-22-28)34-17-10-20-40-42(34)36-15-7-8-19-39(36)50-40/h1-27,43H,(H,46,47,48). The van der Waals surface area contributed by atoms with Gasteiger partial charge in [0.1, 0.15) is 23.2 Å². The third-order valence-electron chi connectivity index (χ3n) is 9.57. The Hall–Kier alpha value is -6.30. The maximum absolute atomic E-state index is 6.52. The molecule has 0 saturated heterocycles. The number of fused-ring (bicyclic) bond motifs is 6. The average Bonchev–Trinajstić information content (AvgIpc) is 3.77. The molecule has 0 spiro atoms. The van der Waals surface area contributed by atoms with Gasteiger partial charge in [0.2, 0.25) is 0 Å². The predicted molar refractivity (Wildman–Crippen MR) is 209 cm³/mol. The van der Waals surface area contributed by atoms with Crippen molar-refractivity contribution in [3.05, 3.63) is 180 Å². The van der Waals surface area contributed by atoms with Crippen LogP contribution in [-0.2, 0) is 0 Å². The molecule has 1 aliphatic rings. The molecule has 1 atom stereocenters. The van der Waals surface area contributed by atoms with E-state index in [0.29, 0.717) is 5.84 Å². The molecule has 10 rings (SSSR count). The molecule has 0 saturated carbocycles. The van der Waals surface area contributed by atoms with E-state index < -0.39 is 0 Å². The van der Waals surface area contributed by atoms with Crippen molar-refractivity contribution in [1.29, 1.82) is 0 Å². The first-order chi connectivity index (χ1) is 24.8. The summed E-state index contributed by atoms with van der Waals surface area (Å²) in [6, 6.07) is 57.4. The van der Waals surface area contributed by atoms with Crippen LogP contribution in [-0.4, -0.2) is 11.7 Å². The number of furan rings is 1. The highest BCUT2D eigenvalue weighted by molar-refractivity contribution is 7.25. The zero-order chi connectivity index (χ0) is 33.0. The van der Waals surface area contributed by atoms with Gasteiger partial charge in [-0.25, -0.2) is 9.98 Å². The van der Waals surface area contributed by atoms with Crippen LogP contribution in [0, 0.1) is 0 Å². The van der Waals surface area contributed by atoms with Crippen LogP contribution in [0.15, 0.2) is 178 Å². The topological polar surface area (TPSA) is 49.9 Å². The number of amidine groups is 2. The van der Waals surface area contributed by atoms with Crippen LogP contribution in [0.25, 0.3) is 64.4 Å². The highest BCUT2D eigenvalue weighted by atomic mass is 32.1. The molecule has 0 fully saturated rings. The number of aliphatic imine (C=N–C) groups is 2. The first kappa shape index (κ1) is 28.7. The second-order valence-electron chi connectivity index (χ2n) is 12.6. The van der Waals surface area contributed by atoms with Crippen LogP contribution in [0.2, 0.25) is 0 Å². The minimum atomic E-state index is -0.259. The molecule has 0 aliphatic carbocycles. The van der Waals surface area contributed by atoms with Gasteiger partial charge in [-0.15, -0.1) is 11.3 Å². The van der Waals surface area contributed by atoms with E-state index in [1.807, 2.05) is 47.7 Å². The van der Waals surface area contributed by atoms with E-state index in [-0.39, 0.29) is 6.17 Å². The molecule has 3 heterocycles. The van der Waals surface area contributed by atoms with Gasteiger partial charge >= 0.3 is 0 Å². The molecule has 1 unspecified atom stereocenters. The van der Waals surface area contributed by atoms with Crippen molar-refractivity contribution in [1.82, 2.24) is 5.32 Å². The van der Waals surface area contributed by atoms with E-state index in [0.717, 1.165) is 55.6 Å². The zero-order valence-corrected chi connectivity index (χ0v) is 27.7. The predicted octanol–water partition coefficient (Wildman–Crippen LogP) is 11.8.